The molecule has 0 amide bonds. The summed E-state index contributed by atoms with van der Waals surface area (Å²) in [7, 11) is 0. The molecule has 0 aliphatic carbocycles. The smallest absolute Gasteiger partial charge is 0.238 e. The number of rotatable bonds is 4. The van der Waals surface area contributed by atoms with Gasteiger partial charge >= 0.3 is 0 Å². The summed E-state index contributed by atoms with van der Waals surface area (Å²) in [5.41, 5.74) is 7.34. The van der Waals surface area contributed by atoms with Gasteiger partial charge in [0.15, 0.2) is 22.5 Å². The second-order valence-electron chi connectivity index (χ2n) is 11.8. The molecule has 8 heteroatoms. The Morgan fingerprint density at radius 3 is 1.73 bits per heavy atom. The van der Waals surface area contributed by atoms with Gasteiger partial charge in [0.05, 0.1) is 38.9 Å². The topological polar surface area (TPSA) is 65.8 Å². The first-order chi connectivity index (χ1) is 24.2. The van der Waals surface area contributed by atoms with Gasteiger partial charge in [-0.25, -0.2) is 14.8 Å². The van der Waals surface area contributed by atoms with E-state index < -0.39 is 0 Å². The minimum Gasteiger partial charge on any atom is -0.283 e. The Hall–Kier alpha value is -6.69. The highest BCUT2D eigenvalue weighted by atomic mass is 32.1. The highest BCUT2D eigenvalue weighted by molar-refractivity contribution is 7.20. The molecule has 0 unspecified atom stereocenters. The third-order valence-electron chi connectivity index (χ3n) is 9.05. The van der Waals surface area contributed by atoms with Gasteiger partial charge in [-0.05, 0) is 24.3 Å². The van der Waals surface area contributed by atoms with Crippen LogP contribution in [-0.2, 0) is 0 Å². The predicted octanol–water partition coefficient (Wildman–Crippen LogP) is 10.6. The molecule has 49 heavy (non-hydrogen) atoms. The summed E-state index contributed by atoms with van der Waals surface area (Å²) in [6, 6.07) is 47.1. The van der Waals surface area contributed by atoms with Crippen LogP contribution in [0.5, 0.6) is 0 Å². The first-order valence-corrected chi connectivity index (χ1v) is 16.7. The lowest BCUT2D eigenvalue weighted by molar-refractivity contribution is 0.953. The predicted molar refractivity (Wildman–Crippen MR) is 199 cm³/mol. The minimum absolute atomic E-state index is 0.512. The molecule has 0 spiro atoms. The van der Waals surface area contributed by atoms with Crippen molar-refractivity contribution in [2.75, 3.05) is 0 Å². The molecule has 4 heterocycles. The lowest BCUT2D eigenvalue weighted by Crippen LogP contribution is -2.07. The second kappa shape index (κ2) is 10.7. The first-order valence-electron chi connectivity index (χ1n) is 15.9. The largest absolute Gasteiger partial charge is 0.283 e. The van der Waals surface area contributed by atoms with Crippen LogP contribution in [0.25, 0.3) is 92.5 Å². The van der Waals surface area contributed by atoms with Gasteiger partial charge in [-0.3, -0.25) is 9.13 Å². The first kappa shape index (κ1) is 27.4. The maximum atomic E-state index is 7.44. The number of para-hydroxylation sites is 3. The zero-order valence-electron chi connectivity index (χ0n) is 25.8. The van der Waals surface area contributed by atoms with Gasteiger partial charge in [-0.15, -0.1) is 0 Å². The number of hydrogen-bond donors (Lipinski definition) is 0. The summed E-state index contributed by atoms with van der Waals surface area (Å²) >= 11 is 1.68. The van der Waals surface area contributed by atoms with Crippen LogP contribution in [0.1, 0.15) is 0 Å². The van der Waals surface area contributed by atoms with Gasteiger partial charge in [0.25, 0.3) is 0 Å². The van der Waals surface area contributed by atoms with Crippen molar-refractivity contribution < 1.29 is 0 Å². The number of fused-ring (bicyclic) bond motifs is 8. The Morgan fingerprint density at radius 1 is 0.490 bits per heavy atom. The van der Waals surface area contributed by atoms with Crippen molar-refractivity contribution in [2.45, 2.75) is 0 Å². The minimum atomic E-state index is 0.512. The average molecular weight is 646 g/mol. The van der Waals surface area contributed by atoms with Crippen LogP contribution in [0.3, 0.4) is 0 Å². The van der Waals surface area contributed by atoms with E-state index in [0.29, 0.717) is 23.3 Å². The Balaban J connectivity index is 1.37. The molecule has 0 saturated carbocycles. The average Bonchev–Trinajstić information content (AvgIpc) is 3.85. The molecule has 10 aromatic rings. The Bertz CT molecular complexity index is 2910. The van der Waals surface area contributed by atoms with Gasteiger partial charge in [0, 0.05) is 32.7 Å². The summed E-state index contributed by atoms with van der Waals surface area (Å²) < 4.78 is 5.62. The number of nitrogens with zero attached hydrogens (tertiary/aromatic N) is 7. The second-order valence-corrected chi connectivity index (χ2v) is 12.8. The molecule has 4 aromatic heterocycles. The van der Waals surface area contributed by atoms with E-state index in [-0.39, 0.29) is 0 Å². The van der Waals surface area contributed by atoms with Crippen LogP contribution in [0, 0.1) is 6.57 Å². The quantitative estimate of drug-likeness (QED) is 0.179. The van der Waals surface area contributed by atoms with E-state index in [4.69, 9.17) is 26.5 Å². The monoisotopic (exact) mass is 645 g/mol. The molecule has 10 rings (SSSR count). The molecule has 0 fully saturated rings. The van der Waals surface area contributed by atoms with Crippen molar-refractivity contribution in [2.24, 2.45) is 0 Å². The van der Waals surface area contributed by atoms with Crippen molar-refractivity contribution in [3.05, 3.63) is 151 Å². The van der Waals surface area contributed by atoms with Gasteiger partial charge < -0.3 is 0 Å². The molecule has 0 aliphatic heterocycles. The van der Waals surface area contributed by atoms with Crippen molar-refractivity contribution in [1.29, 1.82) is 0 Å². The van der Waals surface area contributed by atoms with E-state index in [1.807, 2.05) is 48.5 Å². The van der Waals surface area contributed by atoms with Gasteiger partial charge in [0.1, 0.15) is 0 Å². The lowest BCUT2D eigenvalue weighted by atomic mass is 10.1. The summed E-state index contributed by atoms with van der Waals surface area (Å²) in [4.78, 5) is 24.0. The van der Waals surface area contributed by atoms with Crippen LogP contribution in [0.2, 0.25) is 0 Å². The fourth-order valence-electron chi connectivity index (χ4n) is 6.86. The van der Waals surface area contributed by atoms with E-state index in [0.717, 1.165) is 70.1 Å². The van der Waals surface area contributed by atoms with Crippen molar-refractivity contribution in [1.82, 2.24) is 29.1 Å². The summed E-state index contributed by atoms with van der Waals surface area (Å²) in [5.74, 6) is 1.61. The number of hydrogen-bond acceptors (Lipinski definition) is 5. The van der Waals surface area contributed by atoms with Crippen molar-refractivity contribution >= 4 is 70.9 Å². The molecular formula is C41H23N7S. The standard InChI is InChI=1S/C41H23N7S/c1-42-27-21-19-26(20-22-27)39-44-38(25-11-3-2-4-12-25)45-40(46-39)47-33-16-8-5-13-28(33)30-23-24-31-29-14-6-9-17-34(29)48(37(31)36(30)47)41-43-32-15-7-10-18-35(32)49-41/h2-24H. The molecule has 0 bridgehead atoms. The third-order valence-corrected chi connectivity index (χ3v) is 10.1. The zero-order valence-corrected chi connectivity index (χ0v) is 26.6. The van der Waals surface area contributed by atoms with E-state index in [9.17, 15) is 0 Å². The maximum absolute atomic E-state index is 7.44. The SMILES string of the molecule is [C-]#[N+]c1ccc(-c2nc(-c3ccccc3)nc(-n3c4ccccc4c4ccc5c6ccccc6n(-c6nc7ccccc7s6)c5c43)n2)cc1. The molecule has 0 saturated heterocycles. The number of benzene rings is 6. The normalized spacial score (nSPS) is 11.7. The Labute approximate surface area is 283 Å². The molecule has 228 valence electrons. The van der Waals surface area contributed by atoms with Gasteiger partial charge in [0.2, 0.25) is 5.95 Å². The molecule has 0 aliphatic rings. The fraction of sp³-hybridized carbons (Fsp3) is 0. The van der Waals surface area contributed by atoms with E-state index in [1.165, 1.54) is 0 Å². The van der Waals surface area contributed by atoms with Gasteiger partial charge in [-0.1, -0.05) is 127 Å². The summed E-state index contributed by atoms with van der Waals surface area (Å²) in [6.45, 7) is 7.44. The summed E-state index contributed by atoms with van der Waals surface area (Å²) in [5, 5.41) is 5.37. The summed E-state index contributed by atoms with van der Waals surface area (Å²) in [6.07, 6.45) is 0. The van der Waals surface area contributed by atoms with E-state index in [1.54, 1.807) is 23.5 Å². The molecule has 0 N–H and O–H groups in total. The van der Waals surface area contributed by atoms with Crippen molar-refractivity contribution in [3.63, 3.8) is 0 Å². The van der Waals surface area contributed by atoms with Crippen LogP contribution in [0.4, 0.5) is 5.69 Å². The Morgan fingerprint density at radius 2 is 1.06 bits per heavy atom. The van der Waals surface area contributed by atoms with Crippen molar-refractivity contribution in [3.8, 4) is 33.9 Å². The Kier molecular flexibility index (Phi) is 5.97. The third kappa shape index (κ3) is 4.20. The molecule has 0 radical (unpaired) electrons. The van der Waals surface area contributed by atoms with E-state index in [2.05, 4.69) is 92.8 Å². The highest BCUT2D eigenvalue weighted by Gasteiger charge is 2.24. The highest BCUT2D eigenvalue weighted by Crippen LogP contribution is 2.42. The fourth-order valence-corrected chi connectivity index (χ4v) is 7.84. The van der Waals surface area contributed by atoms with Crippen LogP contribution < -0.4 is 0 Å². The van der Waals surface area contributed by atoms with Crippen LogP contribution >= 0.6 is 11.3 Å². The lowest BCUT2D eigenvalue weighted by Gasteiger charge is -2.12. The van der Waals surface area contributed by atoms with Crippen LogP contribution in [-0.4, -0.2) is 29.1 Å². The molecule has 6 aromatic carbocycles. The molecule has 0 atom stereocenters. The zero-order chi connectivity index (χ0) is 32.5. The van der Waals surface area contributed by atoms with E-state index >= 15 is 0 Å². The molecule has 7 nitrogen and oxygen atoms in total. The maximum Gasteiger partial charge on any atom is 0.238 e. The molecular weight excluding hydrogens is 623 g/mol. The van der Waals surface area contributed by atoms with Gasteiger partial charge in [-0.2, -0.15) is 9.97 Å². The van der Waals surface area contributed by atoms with Crippen LogP contribution in [0.15, 0.2) is 140 Å². The number of aromatic nitrogens is 6. The number of thiazole rings is 1.